The minimum absolute atomic E-state index is 0.397. The second kappa shape index (κ2) is 4.44. The minimum Gasteiger partial charge on any atom is -0.306 e. The summed E-state index contributed by atoms with van der Waals surface area (Å²) in [5.41, 5.74) is 1.73. The number of hydrogen-bond acceptors (Lipinski definition) is 1. The Balaban J connectivity index is 2.40. The summed E-state index contributed by atoms with van der Waals surface area (Å²) in [5, 5.41) is 1.06. The van der Waals surface area contributed by atoms with E-state index < -0.39 is 0 Å². The molecule has 0 atom stereocenters. The van der Waals surface area contributed by atoms with Gasteiger partial charge in [-0.05, 0) is 18.2 Å². The van der Waals surface area contributed by atoms with Crippen LogP contribution in [0.4, 0.5) is 0 Å². The second-order valence-electron chi connectivity index (χ2n) is 3.00. The Morgan fingerprint density at radius 2 is 2.00 bits per heavy atom. The van der Waals surface area contributed by atoms with Crippen LogP contribution >= 0.6 is 34.8 Å². The average molecular weight is 262 g/mol. The minimum atomic E-state index is 0.397. The number of imidazole rings is 1. The van der Waals surface area contributed by atoms with E-state index >= 15 is 0 Å². The van der Waals surface area contributed by atoms with Crippen molar-refractivity contribution in [3.8, 4) is 5.69 Å². The van der Waals surface area contributed by atoms with Crippen LogP contribution < -0.4 is 0 Å². The van der Waals surface area contributed by atoms with Crippen LogP contribution in [0.2, 0.25) is 10.0 Å². The molecule has 0 saturated carbocycles. The van der Waals surface area contributed by atoms with Gasteiger partial charge in [-0.15, -0.1) is 11.6 Å². The number of benzene rings is 1. The van der Waals surface area contributed by atoms with Crippen molar-refractivity contribution in [2.24, 2.45) is 0 Å². The van der Waals surface area contributed by atoms with E-state index in [0.717, 1.165) is 11.4 Å². The Hall–Kier alpha value is -0.700. The maximum Gasteiger partial charge on any atom is 0.0995 e. The van der Waals surface area contributed by atoms with Gasteiger partial charge in [0.25, 0.3) is 0 Å². The molecule has 0 amide bonds. The first kappa shape index (κ1) is 10.8. The van der Waals surface area contributed by atoms with Gasteiger partial charge in [0.05, 0.1) is 27.9 Å². The molecule has 0 bridgehead atoms. The number of rotatable bonds is 2. The lowest BCUT2D eigenvalue weighted by molar-refractivity contribution is 1.06. The highest BCUT2D eigenvalue weighted by molar-refractivity contribution is 6.42. The summed E-state index contributed by atoms with van der Waals surface area (Å²) < 4.78 is 1.85. The normalized spacial score (nSPS) is 10.6. The van der Waals surface area contributed by atoms with Crippen molar-refractivity contribution >= 4 is 34.8 Å². The van der Waals surface area contributed by atoms with Crippen molar-refractivity contribution in [3.05, 3.63) is 46.5 Å². The fourth-order valence-corrected chi connectivity index (χ4v) is 1.65. The molecule has 15 heavy (non-hydrogen) atoms. The van der Waals surface area contributed by atoms with Crippen molar-refractivity contribution < 1.29 is 0 Å². The standard InChI is InChI=1S/C10H7Cl3N2/c11-4-7-5-15(6-14-7)8-1-2-9(12)10(13)3-8/h1-3,5-6H,4H2. The molecular weight excluding hydrogens is 254 g/mol. The van der Waals surface area contributed by atoms with E-state index in [2.05, 4.69) is 4.98 Å². The number of alkyl halides is 1. The monoisotopic (exact) mass is 260 g/mol. The van der Waals surface area contributed by atoms with Crippen molar-refractivity contribution in [1.29, 1.82) is 0 Å². The van der Waals surface area contributed by atoms with Crippen LogP contribution in [0.5, 0.6) is 0 Å². The summed E-state index contributed by atoms with van der Waals surface area (Å²) >= 11 is 17.4. The van der Waals surface area contributed by atoms with Gasteiger partial charge < -0.3 is 4.57 Å². The van der Waals surface area contributed by atoms with Gasteiger partial charge in [0, 0.05) is 11.9 Å². The molecule has 0 N–H and O–H groups in total. The molecule has 2 aromatic rings. The van der Waals surface area contributed by atoms with Crippen LogP contribution in [0.1, 0.15) is 5.69 Å². The van der Waals surface area contributed by atoms with Gasteiger partial charge in [-0.25, -0.2) is 4.98 Å². The van der Waals surface area contributed by atoms with Crippen LogP contribution in [0.15, 0.2) is 30.7 Å². The molecule has 2 nitrogen and oxygen atoms in total. The Bertz CT molecular complexity index is 479. The maximum atomic E-state index is 5.91. The van der Waals surface area contributed by atoms with Crippen LogP contribution in [0.25, 0.3) is 5.69 Å². The predicted molar refractivity (Wildman–Crippen MR) is 63.1 cm³/mol. The zero-order valence-electron chi connectivity index (χ0n) is 7.62. The lowest BCUT2D eigenvalue weighted by Crippen LogP contribution is -1.89. The second-order valence-corrected chi connectivity index (χ2v) is 4.09. The van der Waals surface area contributed by atoms with Gasteiger partial charge in [-0.2, -0.15) is 0 Å². The van der Waals surface area contributed by atoms with E-state index in [1.54, 1.807) is 18.5 Å². The Morgan fingerprint density at radius 1 is 1.20 bits per heavy atom. The van der Waals surface area contributed by atoms with Gasteiger partial charge in [-0.1, -0.05) is 23.2 Å². The Labute approximate surface area is 102 Å². The molecule has 0 aliphatic rings. The quantitative estimate of drug-likeness (QED) is 0.749. The van der Waals surface area contributed by atoms with E-state index in [0.29, 0.717) is 15.9 Å². The van der Waals surface area contributed by atoms with Crippen molar-refractivity contribution in [2.45, 2.75) is 5.88 Å². The first-order valence-corrected chi connectivity index (χ1v) is 5.54. The van der Waals surface area contributed by atoms with E-state index in [-0.39, 0.29) is 0 Å². The molecule has 0 saturated heterocycles. The van der Waals surface area contributed by atoms with Crippen LogP contribution in [0, 0.1) is 0 Å². The molecule has 1 aromatic heterocycles. The molecule has 0 aliphatic heterocycles. The fourth-order valence-electron chi connectivity index (χ4n) is 1.22. The van der Waals surface area contributed by atoms with Gasteiger partial charge >= 0.3 is 0 Å². The summed E-state index contributed by atoms with van der Waals surface area (Å²) in [6.45, 7) is 0. The Kier molecular flexibility index (Phi) is 3.19. The third-order valence-electron chi connectivity index (χ3n) is 1.97. The molecule has 0 spiro atoms. The van der Waals surface area contributed by atoms with Crippen molar-refractivity contribution in [3.63, 3.8) is 0 Å². The average Bonchev–Trinajstić information content (AvgIpc) is 2.70. The third kappa shape index (κ3) is 2.28. The van der Waals surface area contributed by atoms with Gasteiger partial charge in [0.1, 0.15) is 0 Å². The summed E-state index contributed by atoms with van der Waals surface area (Å²) in [6.07, 6.45) is 3.55. The lowest BCUT2D eigenvalue weighted by Gasteiger charge is -2.03. The molecule has 0 aliphatic carbocycles. The SMILES string of the molecule is ClCc1cn(-c2ccc(Cl)c(Cl)c2)cn1. The maximum absolute atomic E-state index is 5.91. The van der Waals surface area contributed by atoms with E-state index in [1.807, 2.05) is 16.8 Å². The van der Waals surface area contributed by atoms with Crippen molar-refractivity contribution in [2.75, 3.05) is 0 Å². The number of nitrogens with zero attached hydrogens (tertiary/aromatic N) is 2. The summed E-state index contributed by atoms with van der Waals surface area (Å²) in [7, 11) is 0. The zero-order chi connectivity index (χ0) is 10.8. The van der Waals surface area contributed by atoms with Crippen LogP contribution in [0.3, 0.4) is 0 Å². The largest absolute Gasteiger partial charge is 0.306 e. The van der Waals surface area contributed by atoms with Gasteiger partial charge in [-0.3, -0.25) is 0 Å². The number of halogens is 3. The first-order chi connectivity index (χ1) is 7.20. The van der Waals surface area contributed by atoms with Crippen LogP contribution in [-0.2, 0) is 5.88 Å². The summed E-state index contributed by atoms with van der Waals surface area (Å²) in [6, 6.07) is 5.40. The molecule has 78 valence electrons. The highest BCUT2D eigenvalue weighted by atomic mass is 35.5. The molecule has 0 radical (unpaired) electrons. The molecule has 2 rings (SSSR count). The predicted octanol–water partition coefficient (Wildman–Crippen LogP) is 3.92. The molecule has 0 unspecified atom stereocenters. The molecule has 1 heterocycles. The highest BCUT2D eigenvalue weighted by Crippen LogP contribution is 2.24. The topological polar surface area (TPSA) is 17.8 Å². The lowest BCUT2D eigenvalue weighted by atomic mass is 10.3. The molecule has 1 aromatic carbocycles. The van der Waals surface area contributed by atoms with E-state index in [9.17, 15) is 0 Å². The van der Waals surface area contributed by atoms with Gasteiger partial charge in [0.2, 0.25) is 0 Å². The molecular formula is C10H7Cl3N2. The molecule has 5 heteroatoms. The smallest absolute Gasteiger partial charge is 0.0995 e. The first-order valence-electron chi connectivity index (χ1n) is 4.25. The number of hydrogen-bond donors (Lipinski definition) is 0. The summed E-state index contributed by atoms with van der Waals surface area (Å²) in [5.74, 6) is 0.397. The summed E-state index contributed by atoms with van der Waals surface area (Å²) in [4.78, 5) is 4.12. The van der Waals surface area contributed by atoms with E-state index in [4.69, 9.17) is 34.8 Å². The Morgan fingerprint density at radius 3 is 2.60 bits per heavy atom. The van der Waals surface area contributed by atoms with Gasteiger partial charge in [0.15, 0.2) is 0 Å². The molecule has 0 fully saturated rings. The third-order valence-corrected chi connectivity index (χ3v) is 2.99. The van der Waals surface area contributed by atoms with Crippen LogP contribution in [-0.4, -0.2) is 9.55 Å². The van der Waals surface area contributed by atoms with E-state index in [1.165, 1.54) is 0 Å². The zero-order valence-corrected chi connectivity index (χ0v) is 9.89. The fraction of sp³-hybridized carbons (Fsp3) is 0.100. The highest BCUT2D eigenvalue weighted by Gasteiger charge is 2.02. The van der Waals surface area contributed by atoms with Crippen molar-refractivity contribution in [1.82, 2.24) is 9.55 Å². The number of aromatic nitrogens is 2.